The third-order valence-electron chi connectivity index (χ3n) is 3.94. The summed E-state index contributed by atoms with van der Waals surface area (Å²) in [6.45, 7) is 2.46. The Bertz CT molecular complexity index is 744. The van der Waals surface area contributed by atoms with Crippen LogP contribution in [0.3, 0.4) is 0 Å². The second-order valence-electron chi connectivity index (χ2n) is 5.47. The molecule has 0 radical (unpaired) electrons. The number of hydrogen-bond acceptors (Lipinski definition) is 4. The van der Waals surface area contributed by atoms with Gasteiger partial charge in [-0.05, 0) is 6.42 Å². The van der Waals surface area contributed by atoms with Gasteiger partial charge in [0.1, 0.15) is 10.8 Å². The Hall–Kier alpha value is -1.98. The van der Waals surface area contributed by atoms with Crippen LogP contribution in [0.4, 0.5) is 0 Å². The highest BCUT2D eigenvalue weighted by Gasteiger charge is 2.22. The third-order valence-corrected chi connectivity index (χ3v) is 4.97. The molecule has 0 spiro atoms. The number of imidazole rings is 1. The zero-order chi connectivity index (χ0) is 14.8. The van der Waals surface area contributed by atoms with E-state index >= 15 is 0 Å². The summed E-state index contributed by atoms with van der Waals surface area (Å²) in [5, 5.41) is 1.07. The average molecular weight is 311 g/mol. The monoisotopic (exact) mass is 311 g/mol. The van der Waals surface area contributed by atoms with Crippen LogP contribution in [0.2, 0.25) is 0 Å². The fourth-order valence-corrected chi connectivity index (χ4v) is 3.73. The van der Waals surface area contributed by atoms with Gasteiger partial charge in [-0.3, -0.25) is 0 Å². The lowest BCUT2D eigenvalue weighted by molar-refractivity contribution is 0.192. The van der Waals surface area contributed by atoms with Crippen LogP contribution in [0.1, 0.15) is 23.0 Å². The smallest absolute Gasteiger partial charge is 0.123 e. The fourth-order valence-electron chi connectivity index (χ4n) is 2.82. The summed E-state index contributed by atoms with van der Waals surface area (Å²) in [5.41, 5.74) is 1.17. The average Bonchev–Trinajstić information content (AvgIpc) is 3.30. The fraction of sp³-hybridized carbons (Fsp3) is 0.294. The Balaban J connectivity index is 1.55. The predicted octanol–water partition coefficient (Wildman–Crippen LogP) is 3.56. The van der Waals surface area contributed by atoms with Crippen molar-refractivity contribution < 1.29 is 4.74 Å². The van der Waals surface area contributed by atoms with E-state index in [0.29, 0.717) is 5.92 Å². The third kappa shape index (κ3) is 2.69. The van der Waals surface area contributed by atoms with Crippen LogP contribution in [-0.2, 0) is 11.3 Å². The van der Waals surface area contributed by atoms with Crippen LogP contribution in [0, 0.1) is 0 Å². The lowest BCUT2D eigenvalue weighted by atomic mass is 10.1. The largest absolute Gasteiger partial charge is 0.381 e. The summed E-state index contributed by atoms with van der Waals surface area (Å²) in [5.74, 6) is 1.56. The van der Waals surface area contributed by atoms with E-state index in [1.54, 1.807) is 11.3 Å². The van der Waals surface area contributed by atoms with Gasteiger partial charge in [-0.15, -0.1) is 11.3 Å². The summed E-state index contributed by atoms with van der Waals surface area (Å²) in [6.07, 6.45) is 6.97. The SMILES string of the molecule is c1ccc(-c2ncc(Cn3ccnc3[C@H]3CCOC3)s2)cc1. The molecule has 3 aromatic rings. The van der Waals surface area contributed by atoms with Crippen molar-refractivity contribution in [3.63, 3.8) is 0 Å². The van der Waals surface area contributed by atoms with Crippen molar-refractivity contribution in [1.29, 1.82) is 0 Å². The molecule has 4 rings (SSSR count). The van der Waals surface area contributed by atoms with Gasteiger partial charge in [0.15, 0.2) is 0 Å². The Labute approximate surface area is 133 Å². The molecule has 3 heterocycles. The van der Waals surface area contributed by atoms with Crippen molar-refractivity contribution >= 4 is 11.3 Å². The zero-order valence-corrected chi connectivity index (χ0v) is 13.0. The minimum absolute atomic E-state index is 0.427. The number of hydrogen-bond donors (Lipinski definition) is 0. The first-order valence-corrected chi connectivity index (χ1v) is 8.31. The molecule has 5 heteroatoms. The number of aromatic nitrogens is 3. The van der Waals surface area contributed by atoms with E-state index in [4.69, 9.17) is 4.74 Å². The highest BCUT2D eigenvalue weighted by molar-refractivity contribution is 7.15. The molecule has 1 aromatic carbocycles. The highest BCUT2D eigenvalue weighted by atomic mass is 32.1. The van der Waals surface area contributed by atoms with Gasteiger partial charge in [0.2, 0.25) is 0 Å². The molecular weight excluding hydrogens is 294 g/mol. The molecule has 0 amide bonds. The molecule has 4 nitrogen and oxygen atoms in total. The molecule has 112 valence electrons. The number of benzene rings is 1. The van der Waals surface area contributed by atoms with Crippen LogP contribution in [-0.4, -0.2) is 27.7 Å². The van der Waals surface area contributed by atoms with Gasteiger partial charge < -0.3 is 9.30 Å². The summed E-state index contributed by atoms with van der Waals surface area (Å²) < 4.78 is 7.71. The minimum atomic E-state index is 0.427. The zero-order valence-electron chi connectivity index (χ0n) is 12.2. The van der Waals surface area contributed by atoms with E-state index in [1.807, 2.05) is 30.6 Å². The van der Waals surface area contributed by atoms with Crippen molar-refractivity contribution in [2.24, 2.45) is 0 Å². The Morgan fingerprint density at radius 3 is 2.95 bits per heavy atom. The maximum Gasteiger partial charge on any atom is 0.123 e. The lowest BCUT2D eigenvalue weighted by Gasteiger charge is -2.10. The summed E-state index contributed by atoms with van der Waals surface area (Å²) in [6, 6.07) is 10.3. The molecule has 1 atom stereocenters. The van der Waals surface area contributed by atoms with Gasteiger partial charge in [-0.25, -0.2) is 9.97 Å². The topological polar surface area (TPSA) is 39.9 Å². The van der Waals surface area contributed by atoms with Crippen molar-refractivity contribution in [2.75, 3.05) is 13.2 Å². The first-order valence-electron chi connectivity index (χ1n) is 7.49. The maximum absolute atomic E-state index is 5.48. The van der Waals surface area contributed by atoms with Gasteiger partial charge in [-0.1, -0.05) is 30.3 Å². The van der Waals surface area contributed by atoms with Crippen molar-refractivity contribution in [2.45, 2.75) is 18.9 Å². The summed E-state index contributed by atoms with van der Waals surface area (Å²) >= 11 is 1.74. The van der Waals surface area contributed by atoms with E-state index < -0.39 is 0 Å². The molecule has 1 aliphatic heterocycles. The van der Waals surface area contributed by atoms with E-state index in [0.717, 1.165) is 37.0 Å². The van der Waals surface area contributed by atoms with Gasteiger partial charge in [-0.2, -0.15) is 0 Å². The number of nitrogens with zero attached hydrogens (tertiary/aromatic N) is 3. The summed E-state index contributed by atoms with van der Waals surface area (Å²) in [7, 11) is 0. The number of ether oxygens (including phenoxy) is 1. The van der Waals surface area contributed by atoms with Crippen LogP contribution in [0.5, 0.6) is 0 Å². The molecule has 0 bridgehead atoms. The van der Waals surface area contributed by atoms with Crippen molar-refractivity contribution in [3.8, 4) is 10.6 Å². The molecular formula is C17H17N3OS. The lowest BCUT2D eigenvalue weighted by Crippen LogP contribution is -2.09. The quantitative estimate of drug-likeness (QED) is 0.739. The molecule has 0 N–H and O–H groups in total. The Kier molecular flexibility index (Phi) is 3.74. The van der Waals surface area contributed by atoms with Crippen LogP contribution in [0.25, 0.3) is 10.6 Å². The van der Waals surface area contributed by atoms with Gasteiger partial charge in [0, 0.05) is 41.6 Å². The maximum atomic E-state index is 5.48. The van der Waals surface area contributed by atoms with Crippen LogP contribution in [0.15, 0.2) is 48.9 Å². The molecule has 0 saturated carbocycles. The van der Waals surface area contributed by atoms with Gasteiger partial charge in [0.25, 0.3) is 0 Å². The van der Waals surface area contributed by atoms with E-state index in [1.165, 1.54) is 10.4 Å². The second kappa shape index (κ2) is 6.02. The molecule has 1 fully saturated rings. The van der Waals surface area contributed by atoms with Gasteiger partial charge >= 0.3 is 0 Å². The van der Waals surface area contributed by atoms with Crippen LogP contribution >= 0.6 is 11.3 Å². The number of rotatable bonds is 4. The molecule has 0 unspecified atom stereocenters. The molecule has 0 aliphatic carbocycles. The standard InChI is InChI=1S/C17H17N3OS/c1-2-4-13(5-3-1)17-19-10-15(22-17)11-20-8-7-18-16(20)14-6-9-21-12-14/h1-5,7-8,10,14H,6,9,11-12H2/t14-/m0/s1. The highest BCUT2D eigenvalue weighted by Crippen LogP contribution is 2.28. The van der Waals surface area contributed by atoms with Crippen LogP contribution < -0.4 is 0 Å². The normalized spacial score (nSPS) is 17.9. The van der Waals surface area contributed by atoms with E-state index in [9.17, 15) is 0 Å². The van der Waals surface area contributed by atoms with Crippen molar-refractivity contribution in [3.05, 3.63) is 59.6 Å². The van der Waals surface area contributed by atoms with Gasteiger partial charge in [0.05, 0.1) is 13.2 Å². The Morgan fingerprint density at radius 1 is 1.23 bits per heavy atom. The van der Waals surface area contributed by atoms with E-state index in [-0.39, 0.29) is 0 Å². The minimum Gasteiger partial charge on any atom is -0.381 e. The Morgan fingerprint density at radius 2 is 2.14 bits per heavy atom. The second-order valence-corrected chi connectivity index (χ2v) is 6.59. The molecule has 2 aromatic heterocycles. The molecule has 1 saturated heterocycles. The predicted molar refractivity (Wildman–Crippen MR) is 87.1 cm³/mol. The first kappa shape index (κ1) is 13.7. The van der Waals surface area contributed by atoms with Crippen molar-refractivity contribution in [1.82, 2.24) is 14.5 Å². The number of thiazole rings is 1. The summed E-state index contributed by atoms with van der Waals surface area (Å²) in [4.78, 5) is 10.3. The molecule has 1 aliphatic rings. The first-order chi connectivity index (χ1) is 10.9. The molecule has 22 heavy (non-hydrogen) atoms. The van der Waals surface area contributed by atoms with E-state index in [2.05, 4.69) is 32.9 Å².